The molecule has 1 aromatic carbocycles. The molecule has 3 rings (SSSR count). The number of carbonyl (C=O) groups is 2. The van der Waals surface area contributed by atoms with Crippen LogP contribution in [-0.4, -0.2) is 52.5 Å². The topological polar surface area (TPSA) is 87.1 Å². The van der Waals surface area contributed by atoms with Gasteiger partial charge in [0.2, 0.25) is 0 Å². The van der Waals surface area contributed by atoms with Crippen LogP contribution in [0.3, 0.4) is 0 Å². The number of carbonyl (C=O) groups excluding carboxylic acids is 1. The fourth-order valence-electron chi connectivity index (χ4n) is 3.42. The number of aryl methyl sites for hydroxylation is 1. The summed E-state index contributed by atoms with van der Waals surface area (Å²) in [6.07, 6.45) is 1.06. The van der Waals surface area contributed by atoms with Gasteiger partial charge in [0.25, 0.3) is 0 Å². The van der Waals surface area contributed by atoms with Gasteiger partial charge in [-0.1, -0.05) is 35.4 Å². The summed E-state index contributed by atoms with van der Waals surface area (Å²) in [6, 6.07) is 6.11. The SMILES string of the molecule is O=C(O)c1ccc(CCCN2C(=O)OCC[C@@H]2C=C[C@@H](O)C(F)(F)c2cc(Cl)cc(Cl)c2)s1. The van der Waals surface area contributed by atoms with Gasteiger partial charge >= 0.3 is 18.0 Å². The minimum absolute atomic E-state index is 0.0239. The molecule has 1 fully saturated rings. The van der Waals surface area contributed by atoms with Crippen LogP contribution in [0.15, 0.2) is 42.5 Å². The van der Waals surface area contributed by atoms with E-state index in [0.29, 0.717) is 19.3 Å². The van der Waals surface area contributed by atoms with E-state index < -0.39 is 35.7 Å². The lowest BCUT2D eigenvalue weighted by Gasteiger charge is -2.33. The first-order valence-electron chi connectivity index (χ1n) is 10.0. The van der Waals surface area contributed by atoms with E-state index in [1.54, 1.807) is 6.07 Å². The predicted molar refractivity (Wildman–Crippen MR) is 122 cm³/mol. The summed E-state index contributed by atoms with van der Waals surface area (Å²) in [5, 5.41) is 19.2. The molecule has 2 heterocycles. The van der Waals surface area contributed by atoms with E-state index in [2.05, 4.69) is 0 Å². The third-order valence-electron chi connectivity index (χ3n) is 5.10. The molecule has 0 unspecified atom stereocenters. The van der Waals surface area contributed by atoms with Crippen LogP contribution in [0.1, 0.15) is 33.0 Å². The Morgan fingerprint density at radius 3 is 2.64 bits per heavy atom. The quantitative estimate of drug-likeness (QED) is 0.420. The van der Waals surface area contributed by atoms with Crippen LogP contribution in [0.2, 0.25) is 10.0 Å². The number of aliphatic hydroxyl groups excluding tert-OH is 1. The van der Waals surface area contributed by atoms with Gasteiger partial charge in [0, 0.05) is 33.5 Å². The van der Waals surface area contributed by atoms with Gasteiger partial charge in [-0.25, -0.2) is 9.59 Å². The van der Waals surface area contributed by atoms with Crippen molar-refractivity contribution in [2.24, 2.45) is 0 Å². The van der Waals surface area contributed by atoms with E-state index in [1.807, 2.05) is 0 Å². The second-order valence-corrected chi connectivity index (χ2v) is 9.49. The van der Waals surface area contributed by atoms with Crippen LogP contribution in [0, 0.1) is 0 Å². The maximum absolute atomic E-state index is 14.7. The average molecular weight is 520 g/mol. The molecule has 0 saturated carbocycles. The number of aromatic carboxylic acids is 1. The molecule has 0 radical (unpaired) electrons. The molecular formula is C22H21Cl2F2NO5S. The average Bonchev–Trinajstić information content (AvgIpc) is 3.22. The molecule has 1 aliphatic heterocycles. The fourth-order valence-corrected chi connectivity index (χ4v) is 4.83. The van der Waals surface area contributed by atoms with E-state index in [-0.39, 0.29) is 28.1 Å². The number of cyclic esters (lactones) is 1. The number of carboxylic acids is 1. The Morgan fingerprint density at radius 1 is 1.30 bits per heavy atom. The zero-order valence-corrected chi connectivity index (χ0v) is 19.5. The molecule has 0 spiro atoms. The van der Waals surface area contributed by atoms with Crippen molar-refractivity contribution in [3.8, 4) is 0 Å². The number of thiophene rings is 1. The Bertz CT molecular complexity index is 1030. The van der Waals surface area contributed by atoms with Crippen LogP contribution in [-0.2, 0) is 17.1 Å². The van der Waals surface area contributed by atoms with Gasteiger partial charge in [-0.05, 0) is 43.2 Å². The number of rotatable bonds is 9. The Hall–Kier alpha value is -2.20. The minimum atomic E-state index is -3.65. The van der Waals surface area contributed by atoms with Gasteiger partial charge in [-0.3, -0.25) is 0 Å². The van der Waals surface area contributed by atoms with Crippen molar-refractivity contribution in [3.05, 3.63) is 67.8 Å². The van der Waals surface area contributed by atoms with Crippen molar-refractivity contribution in [1.82, 2.24) is 4.90 Å². The lowest BCUT2D eigenvalue weighted by atomic mass is 10.0. The zero-order chi connectivity index (χ0) is 24.2. The van der Waals surface area contributed by atoms with E-state index in [1.165, 1.54) is 23.1 Å². The molecular weight excluding hydrogens is 499 g/mol. The summed E-state index contributed by atoms with van der Waals surface area (Å²) in [6.45, 7) is 0.415. The number of nitrogens with zero attached hydrogens (tertiary/aromatic N) is 1. The molecule has 0 bridgehead atoms. The number of ether oxygens (including phenoxy) is 1. The van der Waals surface area contributed by atoms with E-state index >= 15 is 0 Å². The molecule has 2 atom stereocenters. The number of hydrogen-bond acceptors (Lipinski definition) is 5. The summed E-state index contributed by atoms with van der Waals surface area (Å²) in [5.41, 5.74) is -0.520. The summed E-state index contributed by atoms with van der Waals surface area (Å²) >= 11 is 12.8. The van der Waals surface area contributed by atoms with E-state index in [0.717, 1.165) is 34.4 Å². The molecule has 11 heteroatoms. The van der Waals surface area contributed by atoms with Crippen molar-refractivity contribution in [3.63, 3.8) is 0 Å². The van der Waals surface area contributed by atoms with Crippen molar-refractivity contribution in [2.75, 3.05) is 13.2 Å². The number of halogens is 4. The monoisotopic (exact) mass is 519 g/mol. The van der Waals surface area contributed by atoms with Crippen LogP contribution in [0.4, 0.5) is 13.6 Å². The van der Waals surface area contributed by atoms with Gasteiger partial charge < -0.3 is 19.8 Å². The Morgan fingerprint density at radius 2 is 2.00 bits per heavy atom. The maximum atomic E-state index is 14.7. The van der Waals surface area contributed by atoms with E-state index in [9.17, 15) is 23.5 Å². The van der Waals surface area contributed by atoms with Crippen molar-refractivity contribution >= 4 is 46.6 Å². The number of hydrogen-bond donors (Lipinski definition) is 2. The van der Waals surface area contributed by atoms with Gasteiger partial charge in [0.05, 0.1) is 12.6 Å². The third-order valence-corrected chi connectivity index (χ3v) is 6.67. The molecule has 1 aromatic heterocycles. The number of aliphatic hydroxyl groups is 1. The predicted octanol–water partition coefficient (Wildman–Crippen LogP) is 5.61. The number of alkyl halides is 2. The third kappa shape index (κ3) is 6.44. The smallest absolute Gasteiger partial charge is 0.410 e. The summed E-state index contributed by atoms with van der Waals surface area (Å²) < 4.78 is 34.5. The van der Waals surface area contributed by atoms with Gasteiger partial charge in [0.15, 0.2) is 0 Å². The van der Waals surface area contributed by atoms with Crippen LogP contribution in [0.25, 0.3) is 0 Å². The first-order valence-corrected chi connectivity index (χ1v) is 11.6. The number of carboxylic acid groups (broad SMARTS) is 1. The van der Waals surface area contributed by atoms with Crippen LogP contribution >= 0.6 is 34.5 Å². The normalized spacial score (nSPS) is 17.9. The van der Waals surface area contributed by atoms with Gasteiger partial charge in [-0.2, -0.15) is 8.78 Å². The minimum Gasteiger partial charge on any atom is -0.477 e. The Balaban J connectivity index is 1.65. The van der Waals surface area contributed by atoms with E-state index in [4.69, 9.17) is 33.0 Å². The fraction of sp³-hybridized carbons (Fsp3) is 0.364. The second kappa shape index (κ2) is 10.8. The summed E-state index contributed by atoms with van der Waals surface area (Å²) in [7, 11) is 0. The molecule has 1 saturated heterocycles. The molecule has 6 nitrogen and oxygen atoms in total. The number of amides is 1. The largest absolute Gasteiger partial charge is 0.477 e. The van der Waals surface area contributed by atoms with Crippen molar-refractivity contribution in [1.29, 1.82) is 0 Å². The van der Waals surface area contributed by atoms with Crippen molar-refractivity contribution in [2.45, 2.75) is 37.3 Å². The van der Waals surface area contributed by atoms with Crippen molar-refractivity contribution < 1.29 is 33.3 Å². The Kier molecular flexibility index (Phi) is 8.33. The Labute approximate surface area is 203 Å². The summed E-state index contributed by atoms with van der Waals surface area (Å²) in [4.78, 5) is 25.7. The first-order chi connectivity index (χ1) is 15.6. The van der Waals surface area contributed by atoms with Crippen LogP contribution < -0.4 is 0 Å². The molecule has 2 aromatic rings. The molecule has 1 aliphatic rings. The lowest BCUT2D eigenvalue weighted by Crippen LogP contribution is -2.45. The first kappa shape index (κ1) is 25.4. The molecule has 2 N–H and O–H groups in total. The molecule has 178 valence electrons. The van der Waals surface area contributed by atoms with Gasteiger partial charge in [-0.15, -0.1) is 11.3 Å². The highest BCUT2D eigenvalue weighted by Crippen LogP contribution is 2.36. The van der Waals surface area contributed by atoms with Crippen LogP contribution in [0.5, 0.6) is 0 Å². The highest BCUT2D eigenvalue weighted by atomic mass is 35.5. The summed E-state index contributed by atoms with van der Waals surface area (Å²) in [5.74, 6) is -4.64. The second-order valence-electron chi connectivity index (χ2n) is 7.45. The number of benzene rings is 1. The molecule has 33 heavy (non-hydrogen) atoms. The van der Waals surface area contributed by atoms with Gasteiger partial charge in [0.1, 0.15) is 11.0 Å². The standard InChI is InChI=1S/C22H21Cl2F2NO5S/c23-14-10-13(11-15(24)12-14)22(25,26)19(28)6-3-16-7-9-32-21(31)27(16)8-1-2-17-4-5-18(33-17)20(29)30/h3-6,10-12,16,19,28H,1-2,7-9H2,(H,29,30)/t16-,19+/m0/s1. The highest BCUT2D eigenvalue weighted by molar-refractivity contribution is 7.13. The maximum Gasteiger partial charge on any atom is 0.410 e. The lowest BCUT2D eigenvalue weighted by molar-refractivity contribution is -0.0929. The molecule has 1 amide bonds. The molecule has 0 aliphatic carbocycles. The highest BCUT2D eigenvalue weighted by Gasteiger charge is 2.40. The zero-order valence-electron chi connectivity index (χ0n) is 17.2.